The van der Waals surface area contributed by atoms with Crippen molar-refractivity contribution in [3.63, 3.8) is 0 Å². The van der Waals surface area contributed by atoms with Crippen LogP contribution in [0.5, 0.6) is 0 Å². The molecule has 0 unspecified atom stereocenters. The summed E-state index contributed by atoms with van der Waals surface area (Å²) in [5.41, 5.74) is 5.39. The van der Waals surface area contributed by atoms with Gasteiger partial charge in [-0.2, -0.15) is 21.0 Å². The van der Waals surface area contributed by atoms with Crippen LogP contribution in [0.25, 0.3) is 11.1 Å². The van der Waals surface area contributed by atoms with E-state index in [0.29, 0.717) is 27.8 Å². The van der Waals surface area contributed by atoms with Gasteiger partial charge in [-0.25, -0.2) is 0 Å². The molecule has 0 saturated carbocycles. The molecule has 0 aromatic heterocycles. The standard InChI is InChI=1S/C18H8N4/c1-2-5-16-17(12(8-19)9-20)14-6-3-4-7-15(14)18(16)13(10-21)11-22/h2-4,6-7H,1H3. The zero-order valence-electron chi connectivity index (χ0n) is 11.7. The van der Waals surface area contributed by atoms with Crippen LogP contribution in [0.2, 0.25) is 0 Å². The van der Waals surface area contributed by atoms with Crippen LogP contribution in [0.3, 0.4) is 0 Å². The summed E-state index contributed by atoms with van der Waals surface area (Å²) in [6, 6.07) is 14.6. The molecule has 0 aliphatic heterocycles. The van der Waals surface area contributed by atoms with E-state index in [1.54, 1.807) is 37.3 Å². The fraction of sp³-hybridized carbons (Fsp3) is 0.0556. The molecule has 0 radical (unpaired) electrons. The molecular formula is C18H8N4. The van der Waals surface area contributed by atoms with Crippen LogP contribution >= 0.6 is 0 Å². The Morgan fingerprint density at radius 1 is 0.818 bits per heavy atom. The van der Waals surface area contributed by atoms with Crippen molar-refractivity contribution >= 4 is 11.1 Å². The number of benzene rings is 1. The highest BCUT2D eigenvalue weighted by Crippen LogP contribution is 2.47. The van der Waals surface area contributed by atoms with Crippen LogP contribution in [0.1, 0.15) is 18.1 Å². The number of fused-ring (bicyclic) bond motifs is 1. The van der Waals surface area contributed by atoms with Gasteiger partial charge in [-0.05, 0) is 24.1 Å². The summed E-state index contributed by atoms with van der Waals surface area (Å²) < 4.78 is 0. The predicted molar refractivity (Wildman–Crippen MR) is 80.0 cm³/mol. The third kappa shape index (κ3) is 2.10. The number of nitrogens with zero attached hydrogens (tertiary/aromatic N) is 4. The fourth-order valence-electron chi connectivity index (χ4n) is 2.40. The molecule has 1 aromatic carbocycles. The van der Waals surface area contributed by atoms with Crippen LogP contribution in [0.4, 0.5) is 0 Å². The van der Waals surface area contributed by atoms with Crippen molar-refractivity contribution in [2.75, 3.05) is 0 Å². The van der Waals surface area contributed by atoms with Crippen LogP contribution in [0, 0.1) is 45.3 Å². The second-order valence-corrected chi connectivity index (χ2v) is 4.30. The van der Waals surface area contributed by atoms with Crippen molar-refractivity contribution < 1.29 is 0 Å². The second kappa shape index (κ2) is 6.09. The molecule has 22 heavy (non-hydrogen) atoms. The molecule has 0 saturated heterocycles. The number of allylic oxidation sites excluding steroid dienone is 5. The van der Waals surface area contributed by atoms with Crippen molar-refractivity contribution in [1.82, 2.24) is 0 Å². The highest BCUT2D eigenvalue weighted by atomic mass is 14.4. The van der Waals surface area contributed by atoms with Gasteiger partial charge in [0.05, 0.1) is 0 Å². The number of rotatable bonds is 0. The normalized spacial score (nSPS) is 11.2. The molecule has 0 heterocycles. The maximum absolute atomic E-state index is 9.21. The fourth-order valence-corrected chi connectivity index (χ4v) is 2.40. The Kier molecular flexibility index (Phi) is 4.04. The monoisotopic (exact) mass is 280 g/mol. The van der Waals surface area contributed by atoms with Gasteiger partial charge in [0.15, 0.2) is 0 Å². The molecule has 0 bridgehead atoms. The first kappa shape index (κ1) is 14.6. The third-order valence-electron chi connectivity index (χ3n) is 3.20. The quantitative estimate of drug-likeness (QED) is 0.537. The summed E-state index contributed by atoms with van der Waals surface area (Å²) in [5.74, 6) is 0. The smallest absolute Gasteiger partial charge is 0.138 e. The average molecular weight is 280 g/mol. The largest absolute Gasteiger partial charge is 0.192 e. The zero-order chi connectivity index (χ0) is 16.1. The average Bonchev–Trinajstić information content (AvgIpc) is 2.86. The minimum Gasteiger partial charge on any atom is -0.192 e. The maximum atomic E-state index is 9.21. The molecule has 4 heteroatoms. The lowest BCUT2D eigenvalue weighted by molar-refractivity contribution is 1.46. The van der Waals surface area contributed by atoms with Gasteiger partial charge in [0.2, 0.25) is 0 Å². The minimum absolute atomic E-state index is 0.0676. The summed E-state index contributed by atoms with van der Waals surface area (Å²) in [5, 5.41) is 36.8. The zero-order valence-corrected chi connectivity index (χ0v) is 11.7. The second-order valence-electron chi connectivity index (χ2n) is 4.30. The summed E-state index contributed by atoms with van der Waals surface area (Å²) in [6.45, 7) is 1.74. The predicted octanol–water partition coefficient (Wildman–Crippen LogP) is 3.40. The van der Waals surface area contributed by atoms with E-state index in [2.05, 4.69) is 5.73 Å². The van der Waals surface area contributed by atoms with Crippen molar-refractivity contribution in [1.29, 1.82) is 21.0 Å². The Bertz CT molecular complexity index is 851. The molecule has 0 fully saturated rings. The topological polar surface area (TPSA) is 95.2 Å². The first-order valence-corrected chi connectivity index (χ1v) is 6.34. The van der Waals surface area contributed by atoms with Crippen molar-refractivity contribution in [3.8, 4) is 24.3 Å². The lowest BCUT2D eigenvalue weighted by atomic mass is 9.97. The van der Waals surface area contributed by atoms with E-state index in [0.717, 1.165) is 0 Å². The first-order chi connectivity index (χ1) is 10.7. The first-order valence-electron chi connectivity index (χ1n) is 6.34. The van der Waals surface area contributed by atoms with Gasteiger partial charge in [0.25, 0.3) is 0 Å². The van der Waals surface area contributed by atoms with Crippen molar-refractivity contribution in [2.45, 2.75) is 6.92 Å². The van der Waals surface area contributed by atoms with Gasteiger partial charge in [0.1, 0.15) is 35.4 Å². The Labute approximate surface area is 128 Å². The molecule has 4 nitrogen and oxygen atoms in total. The molecule has 0 atom stereocenters. The molecule has 1 aromatic rings. The summed E-state index contributed by atoms with van der Waals surface area (Å²) in [7, 11) is 0. The molecule has 2 rings (SSSR count). The van der Waals surface area contributed by atoms with Gasteiger partial charge < -0.3 is 0 Å². The molecular weight excluding hydrogens is 272 g/mol. The van der Waals surface area contributed by atoms with Crippen molar-refractivity contribution in [2.24, 2.45) is 0 Å². The lowest BCUT2D eigenvalue weighted by Gasteiger charge is -2.00. The highest BCUT2D eigenvalue weighted by Gasteiger charge is 2.31. The van der Waals surface area contributed by atoms with Gasteiger partial charge in [-0.15, -0.1) is 5.73 Å². The Hall–Kier alpha value is -3.82. The Morgan fingerprint density at radius 2 is 1.23 bits per heavy atom. The molecule has 100 valence electrons. The molecule has 0 amide bonds. The van der Waals surface area contributed by atoms with Crippen LogP contribution < -0.4 is 0 Å². The summed E-state index contributed by atoms with van der Waals surface area (Å²) in [6.07, 6.45) is 1.62. The van der Waals surface area contributed by atoms with Gasteiger partial charge in [-0.1, -0.05) is 24.3 Å². The van der Waals surface area contributed by atoms with E-state index in [9.17, 15) is 21.0 Å². The van der Waals surface area contributed by atoms with E-state index < -0.39 is 0 Å². The van der Waals surface area contributed by atoms with Gasteiger partial charge >= 0.3 is 0 Å². The molecule has 0 spiro atoms. The Morgan fingerprint density at radius 3 is 1.55 bits per heavy atom. The number of hydrogen-bond acceptors (Lipinski definition) is 4. The van der Waals surface area contributed by atoms with Gasteiger partial charge in [-0.3, -0.25) is 0 Å². The van der Waals surface area contributed by atoms with Crippen molar-refractivity contribution in [3.05, 3.63) is 63.9 Å². The summed E-state index contributed by atoms with van der Waals surface area (Å²) in [4.78, 5) is 0. The summed E-state index contributed by atoms with van der Waals surface area (Å²) >= 11 is 0. The number of hydrogen-bond donors (Lipinski definition) is 0. The van der Waals surface area contributed by atoms with E-state index in [-0.39, 0.29) is 11.1 Å². The molecule has 1 aliphatic rings. The molecule has 1 aliphatic carbocycles. The van der Waals surface area contributed by atoms with E-state index in [1.165, 1.54) is 0 Å². The SMILES string of the molecule is CC=C=C1C(=C(C#N)C#N)c2ccccc2C1=C(C#N)C#N. The van der Waals surface area contributed by atoms with Crippen LogP contribution in [-0.4, -0.2) is 0 Å². The molecule has 0 N–H and O–H groups in total. The highest BCUT2D eigenvalue weighted by molar-refractivity contribution is 6.12. The third-order valence-corrected chi connectivity index (χ3v) is 3.20. The van der Waals surface area contributed by atoms with Gasteiger partial charge in [0, 0.05) is 16.7 Å². The number of nitriles is 4. The van der Waals surface area contributed by atoms with E-state index >= 15 is 0 Å². The van der Waals surface area contributed by atoms with Crippen LogP contribution in [0.15, 0.2) is 52.8 Å². The maximum Gasteiger partial charge on any atom is 0.138 e. The van der Waals surface area contributed by atoms with E-state index in [1.807, 2.05) is 24.3 Å². The lowest BCUT2D eigenvalue weighted by Crippen LogP contribution is -1.88. The Balaban J connectivity index is 3.10. The van der Waals surface area contributed by atoms with Crippen LogP contribution in [-0.2, 0) is 0 Å². The minimum atomic E-state index is -0.0676. The van der Waals surface area contributed by atoms with E-state index in [4.69, 9.17) is 0 Å².